The van der Waals surface area contributed by atoms with Crippen LogP contribution in [0.2, 0.25) is 0 Å². The van der Waals surface area contributed by atoms with Gasteiger partial charge in [-0.1, -0.05) is 12.1 Å². The molecule has 5 rings (SSSR count). The third kappa shape index (κ3) is 5.43. The van der Waals surface area contributed by atoms with Gasteiger partial charge < -0.3 is 24.6 Å². The molecule has 10 nitrogen and oxygen atoms in total. The first-order chi connectivity index (χ1) is 16.9. The summed E-state index contributed by atoms with van der Waals surface area (Å²) in [5.74, 6) is 0.675. The molecule has 2 atom stereocenters. The van der Waals surface area contributed by atoms with Crippen molar-refractivity contribution in [3.63, 3.8) is 0 Å². The van der Waals surface area contributed by atoms with Crippen molar-refractivity contribution in [2.45, 2.75) is 12.1 Å². The van der Waals surface area contributed by atoms with Crippen molar-refractivity contribution in [3.8, 4) is 0 Å². The highest BCUT2D eigenvalue weighted by Gasteiger charge is 2.31. The van der Waals surface area contributed by atoms with Crippen molar-refractivity contribution in [2.24, 2.45) is 9.98 Å². The highest BCUT2D eigenvalue weighted by molar-refractivity contribution is 7.88. The predicted molar refractivity (Wildman–Crippen MR) is 136 cm³/mol. The number of morpholine rings is 2. The van der Waals surface area contributed by atoms with Gasteiger partial charge in [-0.2, -0.15) is 4.31 Å². The lowest BCUT2D eigenvalue weighted by Gasteiger charge is -2.35. The number of sulfonamides is 1. The van der Waals surface area contributed by atoms with E-state index in [4.69, 9.17) is 19.5 Å². The Morgan fingerprint density at radius 1 is 1.14 bits per heavy atom. The molecule has 2 saturated heterocycles. The van der Waals surface area contributed by atoms with Gasteiger partial charge in [-0.05, 0) is 18.2 Å². The number of allylic oxidation sites excluding steroid dienone is 1. The van der Waals surface area contributed by atoms with Crippen molar-refractivity contribution in [1.82, 2.24) is 14.5 Å². The Hall–Kier alpha value is -2.73. The predicted octanol–water partition coefficient (Wildman–Crippen LogP) is 0.644. The summed E-state index contributed by atoms with van der Waals surface area (Å²) >= 11 is 0. The van der Waals surface area contributed by atoms with Crippen LogP contribution in [0.1, 0.15) is 5.56 Å². The van der Waals surface area contributed by atoms with E-state index < -0.39 is 10.0 Å². The van der Waals surface area contributed by atoms with Gasteiger partial charge in [0.1, 0.15) is 6.04 Å². The second kappa shape index (κ2) is 10.1. The van der Waals surface area contributed by atoms with Crippen LogP contribution in [-0.2, 0) is 19.5 Å². The number of aliphatic imine (C=N–C) groups is 2. The van der Waals surface area contributed by atoms with Crippen LogP contribution in [0, 0.1) is 0 Å². The normalized spacial score (nSPS) is 26.7. The highest BCUT2D eigenvalue weighted by Crippen LogP contribution is 2.23. The Morgan fingerprint density at radius 2 is 1.91 bits per heavy atom. The minimum Gasteiger partial charge on any atom is -0.378 e. The number of anilines is 1. The fraction of sp³-hybridized carbons (Fsp3) is 0.500. The second-order valence-corrected chi connectivity index (χ2v) is 11.1. The minimum absolute atomic E-state index is 0.133. The van der Waals surface area contributed by atoms with Gasteiger partial charge in [-0.3, -0.25) is 4.99 Å². The molecule has 4 aliphatic rings. The quantitative estimate of drug-likeness (QED) is 0.634. The van der Waals surface area contributed by atoms with E-state index in [-0.39, 0.29) is 12.1 Å². The Labute approximate surface area is 206 Å². The molecular weight excluding hydrogens is 468 g/mol. The van der Waals surface area contributed by atoms with Crippen LogP contribution in [0.3, 0.4) is 0 Å². The Morgan fingerprint density at radius 3 is 2.66 bits per heavy atom. The average molecular weight is 501 g/mol. The van der Waals surface area contributed by atoms with Crippen LogP contribution in [0.15, 0.2) is 58.4 Å². The summed E-state index contributed by atoms with van der Waals surface area (Å²) in [5, 5.41) is 3.35. The molecule has 0 saturated carbocycles. The summed E-state index contributed by atoms with van der Waals surface area (Å²) in [7, 11) is -1.26. The number of ether oxygens (including phenoxy) is 2. The lowest BCUT2D eigenvalue weighted by atomic mass is 10.0. The van der Waals surface area contributed by atoms with Crippen LogP contribution in [-0.4, -0.2) is 107 Å². The number of nitrogens with one attached hydrogen (secondary N) is 1. The van der Waals surface area contributed by atoms with E-state index in [0.717, 1.165) is 43.3 Å². The maximum absolute atomic E-state index is 12.0. The van der Waals surface area contributed by atoms with Gasteiger partial charge in [-0.25, -0.2) is 13.4 Å². The molecule has 4 aliphatic heterocycles. The third-order valence-corrected chi connectivity index (χ3v) is 7.87. The van der Waals surface area contributed by atoms with E-state index in [9.17, 15) is 8.42 Å². The summed E-state index contributed by atoms with van der Waals surface area (Å²) < 4.78 is 36.7. The molecule has 2 fully saturated rings. The summed E-state index contributed by atoms with van der Waals surface area (Å²) in [6.07, 6.45) is 6.85. The number of fused-ring (bicyclic) bond motifs is 1. The van der Waals surface area contributed by atoms with E-state index in [1.807, 2.05) is 19.4 Å². The van der Waals surface area contributed by atoms with Crippen LogP contribution >= 0.6 is 0 Å². The number of dihydropyridines is 1. The Balaban J connectivity index is 1.38. The average Bonchev–Trinajstić information content (AvgIpc) is 2.87. The zero-order chi connectivity index (χ0) is 24.4. The number of benzene rings is 1. The third-order valence-electron chi connectivity index (χ3n) is 6.60. The molecule has 4 heterocycles. The van der Waals surface area contributed by atoms with Crippen molar-refractivity contribution in [3.05, 3.63) is 54.0 Å². The van der Waals surface area contributed by atoms with Gasteiger partial charge in [0.05, 0.1) is 44.4 Å². The largest absolute Gasteiger partial charge is 0.378 e. The monoisotopic (exact) mass is 500 g/mol. The Kier molecular flexibility index (Phi) is 6.92. The van der Waals surface area contributed by atoms with Crippen LogP contribution < -0.4 is 10.2 Å². The van der Waals surface area contributed by atoms with E-state index in [1.165, 1.54) is 16.2 Å². The number of hydrogen-bond acceptors (Lipinski definition) is 8. The lowest BCUT2D eigenvalue weighted by Crippen LogP contribution is -2.47. The lowest BCUT2D eigenvalue weighted by molar-refractivity contribution is 0.00495. The molecule has 35 heavy (non-hydrogen) atoms. The fourth-order valence-electron chi connectivity index (χ4n) is 4.67. The van der Waals surface area contributed by atoms with Gasteiger partial charge >= 0.3 is 0 Å². The van der Waals surface area contributed by atoms with E-state index in [0.29, 0.717) is 32.1 Å². The molecule has 11 heteroatoms. The second-order valence-electron chi connectivity index (χ2n) is 9.08. The van der Waals surface area contributed by atoms with Crippen LogP contribution in [0.4, 0.5) is 5.69 Å². The highest BCUT2D eigenvalue weighted by atomic mass is 32.2. The molecule has 0 bridgehead atoms. The molecule has 0 amide bonds. The smallest absolute Gasteiger partial charge is 0.211 e. The van der Waals surface area contributed by atoms with Crippen molar-refractivity contribution in [1.29, 1.82) is 0 Å². The summed E-state index contributed by atoms with van der Waals surface area (Å²) in [4.78, 5) is 14.2. The first kappa shape index (κ1) is 24.0. The molecule has 1 unspecified atom stereocenters. The van der Waals surface area contributed by atoms with Crippen molar-refractivity contribution < 1.29 is 17.9 Å². The van der Waals surface area contributed by atoms with Gasteiger partial charge in [0.15, 0.2) is 5.84 Å². The van der Waals surface area contributed by atoms with Crippen molar-refractivity contribution in [2.75, 3.05) is 70.7 Å². The first-order valence-corrected chi connectivity index (χ1v) is 13.7. The fourth-order valence-corrected chi connectivity index (χ4v) is 5.52. The Bertz CT molecular complexity index is 1150. The molecule has 0 aromatic heterocycles. The molecule has 0 spiro atoms. The molecule has 1 N–H and O–H groups in total. The standard InChI is InChI=1S/C24H32N6O4S/c1-28-8-7-25-22-15-21(18-3-5-19(6-4-18)29-9-12-33-13-10-29)27-24(23(22)28)26-16-20-17-30(11-14-34-20)35(2,31)32/h3-8,15,20,23,25H,9-14,16-17H2,1-2H3/t20-,23?/m1/s1. The van der Waals surface area contributed by atoms with Crippen LogP contribution in [0.5, 0.6) is 0 Å². The summed E-state index contributed by atoms with van der Waals surface area (Å²) in [5.41, 5.74) is 4.02. The van der Waals surface area contributed by atoms with Crippen molar-refractivity contribution >= 4 is 27.3 Å². The van der Waals surface area contributed by atoms with Gasteiger partial charge in [0.2, 0.25) is 10.0 Å². The molecular formula is C24H32N6O4S. The number of amidine groups is 1. The number of rotatable bonds is 5. The first-order valence-electron chi connectivity index (χ1n) is 11.9. The maximum Gasteiger partial charge on any atom is 0.211 e. The van der Waals surface area contributed by atoms with Crippen LogP contribution in [0.25, 0.3) is 0 Å². The topological polar surface area (TPSA) is 99.1 Å². The van der Waals surface area contributed by atoms with Gasteiger partial charge in [0, 0.05) is 62.6 Å². The van der Waals surface area contributed by atoms with Gasteiger partial charge in [0.25, 0.3) is 0 Å². The molecule has 188 valence electrons. The zero-order valence-electron chi connectivity index (χ0n) is 20.1. The summed E-state index contributed by atoms with van der Waals surface area (Å²) in [6.45, 7) is 4.68. The minimum atomic E-state index is -3.26. The number of hydrogen-bond donors (Lipinski definition) is 1. The summed E-state index contributed by atoms with van der Waals surface area (Å²) in [6, 6.07) is 8.30. The van der Waals surface area contributed by atoms with Gasteiger partial charge in [-0.15, -0.1) is 0 Å². The van der Waals surface area contributed by atoms with E-state index in [2.05, 4.69) is 45.5 Å². The van der Waals surface area contributed by atoms with E-state index >= 15 is 0 Å². The number of likely N-dealkylation sites (N-methyl/N-ethyl adjacent to an activating group) is 1. The maximum atomic E-state index is 12.0. The molecule has 0 aliphatic carbocycles. The zero-order valence-corrected chi connectivity index (χ0v) is 20.9. The van der Waals surface area contributed by atoms with E-state index in [1.54, 1.807) is 0 Å². The molecule has 0 radical (unpaired) electrons. The molecule has 1 aromatic carbocycles. The number of nitrogens with zero attached hydrogens (tertiary/aromatic N) is 5. The SMILES string of the molecule is CN1C=CNC2=CC(c3ccc(N4CCOCC4)cc3)=NC(=NC[C@@H]3CN(S(C)(=O)=O)CCO3)C21. The molecule has 1 aromatic rings.